The molecule has 0 radical (unpaired) electrons. The zero-order valence-corrected chi connectivity index (χ0v) is 18.3. The molecule has 2 aromatic carbocycles. The van der Waals surface area contributed by atoms with Crippen LogP contribution in [0.2, 0.25) is 0 Å². The van der Waals surface area contributed by atoms with Gasteiger partial charge in [-0.25, -0.2) is 8.42 Å². The number of benzene rings is 2. The number of hydrogen-bond donors (Lipinski definition) is 1. The Balaban J connectivity index is 1.69. The molecule has 0 atom stereocenters. The van der Waals surface area contributed by atoms with Crippen molar-refractivity contribution in [3.05, 3.63) is 54.1 Å². The van der Waals surface area contributed by atoms with E-state index in [-0.39, 0.29) is 16.4 Å². The number of nitrogens with one attached hydrogen (secondary N) is 1. The molecule has 32 heavy (non-hydrogen) atoms. The summed E-state index contributed by atoms with van der Waals surface area (Å²) in [6, 6.07) is 10.4. The molecule has 1 aliphatic rings. The minimum Gasteiger partial charge on any atom is -0.493 e. The third-order valence-corrected chi connectivity index (χ3v) is 6.78. The molecular formula is C22H24F2N2O5S. The van der Waals surface area contributed by atoms with Crippen LogP contribution in [0.15, 0.2) is 53.4 Å². The van der Waals surface area contributed by atoms with E-state index in [0.29, 0.717) is 24.3 Å². The first kappa shape index (κ1) is 23.7. The van der Waals surface area contributed by atoms with Crippen LogP contribution in [-0.2, 0) is 14.8 Å². The first-order valence-corrected chi connectivity index (χ1v) is 11.5. The van der Waals surface area contributed by atoms with Crippen LogP contribution in [0.5, 0.6) is 11.5 Å². The fourth-order valence-corrected chi connectivity index (χ4v) is 4.89. The van der Waals surface area contributed by atoms with E-state index >= 15 is 0 Å². The molecule has 1 saturated heterocycles. The summed E-state index contributed by atoms with van der Waals surface area (Å²) >= 11 is 0. The maximum Gasteiger partial charge on any atom is 0.387 e. The van der Waals surface area contributed by atoms with E-state index in [1.54, 1.807) is 12.1 Å². The monoisotopic (exact) mass is 466 g/mol. The third kappa shape index (κ3) is 6.04. The highest BCUT2D eigenvalue weighted by molar-refractivity contribution is 7.89. The van der Waals surface area contributed by atoms with Crippen LogP contribution in [0.4, 0.5) is 14.5 Å². The van der Waals surface area contributed by atoms with Gasteiger partial charge in [-0.2, -0.15) is 13.1 Å². The summed E-state index contributed by atoms with van der Waals surface area (Å²) in [5.41, 5.74) is 0.871. The Morgan fingerprint density at radius 1 is 1.09 bits per heavy atom. The summed E-state index contributed by atoms with van der Waals surface area (Å²) in [6.45, 7) is -2.00. The SMILES string of the molecule is COc1cc(C=CC(=O)Nc2cccc(S(=O)(=O)N3CCCCC3)c2)ccc1OC(F)F. The number of nitrogens with zero attached hydrogens (tertiary/aromatic N) is 1. The number of hydrogen-bond acceptors (Lipinski definition) is 5. The van der Waals surface area contributed by atoms with Crippen molar-refractivity contribution in [2.24, 2.45) is 0 Å². The molecular weight excluding hydrogens is 442 g/mol. The van der Waals surface area contributed by atoms with E-state index in [2.05, 4.69) is 10.1 Å². The molecule has 0 aliphatic carbocycles. The van der Waals surface area contributed by atoms with Gasteiger partial charge in [0.25, 0.3) is 0 Å². The zero-order chi connectivity index (χ0) is 23.1. The topological polar surface area (TPSA) is 84.9 Å². The van der Waals surface area contributed by atoms with Crippen molar-refractivity contribution < 1.29 is 31.5 Å². The number of sulfonamides is 1. The van der Waals surface area contributed by atoms with Gasteiger partial charge in [-0.15, -0.1) is 0 Å². The van der Waals surface area contributed by atoms with Crippen molar-refractivity contribution in [3.63, 3.8) is 0 Å². The highest BCUT2D eigenvalue weighted by Gasteiger charge is 2.26. The van der Waals surface area contributed by atoms with Gasteiger partial charge in [0.1, 0.15) is 0 Å². The molecule has 2 aromatic rings. The molecule has 1 aliphatic heterocycles. The average Bonchev–Trinajstić information content (AvgIpc) is 2.79. The van der Waals surface area contributed by atoms with Crippen LogP contribution in [0, 0.1) is 0 Å². The summed E-state index contributed by atoms with van der Waals surface area (Å²) in [5, 5.41) is 2.63. The molecule has 7 nitrogen and oxygen atoms in total. The van der Waals surface area contributed by atoms with E-state index in [1.165, 1.54) is 53.9 Å². The van der Waals surface area contributed by atoms with Crippen molar-refractivity contribution in [2.75, 3.05) is 25.5 Å². The number of carbonyl (C=O) groups is 1. The lowest BCUT2D eigenvalue weighted by molar-refractivity contribution is -0.111. The second kappa shape index (κ2) is 10.6. The molecule has 0 bridgehead atoms. The van der Waals surface area contributed by atoms with Crippen LogP contribution < -0.4 is 14.8 Å². The zero-order valence-electron chi connectivity index (χ0n) is 17.5. The summed E-state index contributed by atoms with van der Waals surface area (Å²) < 4.78 is 61.3. The van der Waals surface area contributed by atoms with E-state index in [4.69, 9.17) is 4.74 Å². The Bertz CT molecular complexity index is 1080. The van der Waals surface area contributed by atoms with Crippen molar-refractivity contribution in [1.82, 2.24) is 4.31 Å². The fraction of sp³-hybridized carbons (Fsp3) is 0.318. The van der Waals surface area contributed by atoms with Gasteiger partial charge in [-0.3, -0.25) is 4.79 Å². The number of alkyl halides is 2. The molecule has 1 amide bonds. The number of halogens is 2. The van der Waals surface area contributed by atoms with Crippen LogP contribution in [0.3, 0.4) is 0 Å². The van der Waals surface area contributed by atoms with Crippen molar-refractivity contribution in [1.29, 1.82) is 0 Å². The Morgan fingerprint density at radius 3 is 2.53 bits per heavy atom. The second-order valence-corrected chi connectivity index (χ2v) is 9.04. The molecule has 1 N–H and O–H groups in total. The largest absolute Gasteiger partial charge is 0.493 e. The quantitative estimate of drug-likeness (QED) is 0.592. The Hall–Kier alpha value is -2.98. The number of amides is 1. The Labute approximate surface area is 185 Å². The second-order valence-electron chi connectivity index (χ2n) is 7.10. The molecule has 1 fully saturated rings. The van der Waals surface area contributed by atoms with E-state index < -0.39 is 22.5 Å². The maximum absolute atomic E-state index is 12.8. The number of rotatable bonds is 8. The summed E-state index contributed by atoms with van der Waals surface area (Å²) in [7, 11) is -2.29. The van der Waals surface area contributed by atoms with Gasteiger partial charge >= 0.3 is 6.61 Å². The standard InChI is InChI=1S/C22H24F2N2O5S/c1-30-20-14-16(8-10-19(20)31-22(23)24)9-11-21(27)25-17-6-5-7-18(15-17)32(28,29)26-12-3-2-4-13-26/h5-11,14-15,22H,2-4,12-13H2,1H3,(H,25,27). The number of anilines is 1. The number of piperidine rings is 1. The Kier molecular flexibility index (Phi) is 7.81. The van der Waals surface area contributed by atoms with Gasteiger partial charge in [-0.1, -0.05) is 18.6 Å². The molecule has 0 saturated carbocycles. The average molecular weight is 467 g/mol. The van der Waals surface area contributed by atoms with Gasteiger partial charge in [0.2, 0.25) is 15.9 Å². The van der Waals surface area contributed by atoms with Gasteiger partial charge in [0.15, 0.2) is 11.5 Å². The minimum atomic E-state index is -3.61. The van der Waals surface area contributed by atoms with Gasteiger partial charge in [0.05, 0.1) is 12.0 Å². The molecule has 10 heteroatoms. The number of ether oxygens (including phenoxy) is 2. The van der Waals surface area contributed by atoms with Gasteiger partial charge < -0.3 is 14.8 Å². The normalized spacial score (nSPS) is 15.1. The molecule has 1 heterocycles. The van der Waals surface area contributed by atoms with Crippen molar-refractivity contribution >= 4 is 27.7 Å². The lowest BCUT2D eigenvalue weighted by atomic mass is 10.2. The van der Waals surface area contributed by atoms with Crippen molar-refractivity contribution in [3.8, 4) is 11.5 Å². The molecule has 3 rings (SSSR count). The number of carbonyl (C=O) groups excluding carboxylic acids is 1. The third-order valence-electron chi connectivity index (χ3n) is 4.89. The highest BCUT2D eigenvalue weighted by Crippen LogP contribution is 2.30. The van der Waals surface area contributed by atoms with Crippen LogP contribution >= 0.6 is 0 Å². The van der Waals surface area contributed by atoms with E-state index in [0.717, 1.165) is 19.3 Å². The first-order chi connectivity index (χ1) is 15.3. The fourth-order valence-electron chi connectivity index (χ4n) is 3.33. The summed E-state index contributed by atoms with van der Waals surface area (Å²) in [6.07, 6.45) is 5.40. The van der Waals surface area contributed by atoms with Crippen LogP contribution in [0.25, 0.3) is 6.08 Å². The Morgan fingerprint density at radius 2 is 1.84 bits per heavy atom. The summed E-state index contributed by atoms with van der Waals surface area (Å²) in [5.74, 6) is -0.497. The van der Waals surface area contributed by atoms with Gasteiger partial charge in [0, 0.05) is 24.9 Å². The predicted octanol–water partition coefficient (Wildman–Crippen LogP) is 4.12. The van der Waals surface area contributed by atoms with Crippen molar-refractivity contribution in [2.45, 2.75) is 30.8 Å². The lowest BCUT2D eigenvalue weighted by Crippen LogP contribution is -2.35. The maximum atomic E-state index is 12.8. The predicted molar refractivity (Wildman–Crippen MR) is 116 cm³/mol. The van der Waals surface area contributed by atoms with Crippen LogP contribution in [0.1, 0.15) is 24.8 Å². The first-order valence-electron chi connectivity index (χ1n) is 10.0. The molecule has 172 valence electrons. The smallest absolute Gasteiger partial charge is 0.387 e. The van der Waals surface area contributed by atoms with E-state index in [9.17, 15) is 22.0 Å². The van der Waals surface area contributed by atoms with Crippen LogP contribution in [-0.4, -0.2) is 45.4 Å². The molecule has 0 spiro atoms. The highest BCUT2D eigenvalue weighted by atomic mass is 32.2. The lowest BCUT2D eigenvalue weighted by Gasteiger charge is -2.26. The van der Waals surface area contributed by atoms with E-state index in [1.807, 2.05) is 0 Å². The molecule has 0 aromatic heterocycles. The molecule has 0 unspecified atom stereocenters. The summed E-state index contributed by atoms with van der Waals surface area (Å²) in [4.78, 5) is 12.4. The minimum absolute atomic E-state index is 0.100. The number of methoxy groups -OCH3 is 1. The van der Waals surface area contributed by atoms with Gasteiger partial charge in [-0.05, 0) is 54.8 Å².